The maximum atomic E-state index is 10.6. The molecule has 0 atom stereocenters. The summed E-state index contributed by atoms with van der Waals surface area (Å²) in [6, 6.07) is 0. The molecule has 0 bridgehead atoms. The van der Waals surface area contributed by atoms with E-state index < -0.39 is 5.76 Å². The molecule has 0 aromatic carbocycles. The molecule has 0 unspecified atom stereocenters. The smallest absolute Gasteiger partial charge is 0.440 e. The van der Waals surface area contributed by atoms with E-state index >= 15 is 0 Å². The first kappa shape index (κ1) is 10.3. The second-order valence-corrected chi connectivity index (χ2v) is 2.68. The fraction of sp³-hybridized carbons (Fsp3) is 0.571. The first-order valence-corrected chi connectivity index (χ1v) is 4.00. The maximum Gasteiger partial charge on any atom is 0.440 e. The highest BCUT2D eigenvalue weighted by Gasteiger charge is 2.06. The fourth-order valence-corrected chi connectivity index (χ4v) is 0.819. The van der Waals surface area contributed by atoms with Gasteiger partial charge in [0.05, 0.1) is 6.54 Å². The van der Waals surface area contributed by atoms with E-state index in [2.05, 4.69) is 14.7 Å². The Kier molecular flexibility index (Phi) is 3.27. The number of anilines is 1. The average molecular weight is 201 g/mol. The number of nitrogens with one attached hydrogen (secondary N) is 1. The fourth-order valence-electron chi connectivity index (χ4n) is 0.819. The molecule has 0 spiro atoms. The molecule has 0 amide bonds. The summed E-state index contributed by atoms with van der Waals surface area (Å²) in [5.74, 6) is -0.645. The number of carbonyl (C=O) groups is 1. The van der Waals surface area contributed by atoms with Crippen molar-refractivity contribution in [3.63, 3.8) is 0 Å². The summed E-state index contributed by atoms with van der Waals surface area (Å²) < 4.78 is 9.01. The van der Waals surface area contributed by atoms with Crippen LogP contribution in [-0.2, 0) is 9.53 Å². The Morgan fingerprint density at radius 2 is 2.43 bits per heavy atom. The summed E-state index contributed by atoms with van der Waals surface area (Å²) in [5.41, 5.74) is 0. The van der Waals surface area contributed by atoms with E-state index in [1.165, 1.54) is 6.92 Å². The van der Waals surface area contributed by atoms with Crippen molar-refractivity contribution in [2.24, 2.45) is 0 Å². The summed E-state index contributed by atoms with van der Waals surface area (Å²) in [6.45, 7) is 2.00. The number of aromatic nitrogens is 2. The standard InChI is InChI=1S/C7H11N3O4/c1-5(11)13-4-3-10(2)6-8-7(12)14-9-6/h3-4H2,1-2H3,(H,8,9,12). The van der Waals surface area contributed by atoms with E-state index in [0.717, 1.165) is 0 Å². The van der Waals surface area contributed by atoms with Crippen LogP contribution in [0.2, 0.25) is 0 Å². The van der Waals surface area contributed by atoms with Crippen molar-refractivity contribution >= 4 is 11.9 Å². The van der Waals surface area contributed by atoms with Crippen LogP contribution < -0.4 is 10.7 Å². The minimum Gasteiger partial charge on any atom is -0.464 e. The number of rotatable bonds is 4. The Labute approximate surface area is 79.6 Å². The largest absolute Gasteiger partial charge is 0.464 e. The van der Waals surface area contributed by atoms with Crippen molar-refractivity contribution in [1.29, 1.82) is 0 Å². The monoisotopic (exact) mass is 201 g/mol. The van der Waals surface area contributed by atoms with E-state index in [-0.39, 0.29) is 12.6 Å². The first-order chi connectivity index (χ1) is 6.59. The number of nitrogens with zero attached hydrogens (tertiary/aromatic N) is 2. The van der Waals surface area contributed by atoms with Gasteiger partial charge in [-0.25, -0.2) is 4.79 Å². The van der Waals surface area contributed by atoms with Gasteiger partial charge >= 0.3 is 11.7 Å². The topological polar surface area (TPSA) is 88.4 Å². The van der Waals surface area contributed by atoms with E-state index in [0.29, 0.717) is 12.5 Å². The zero-order valence-electron chi connectivity index (χ0n) is 7.94. The number of H-pyrrole nitrogens is 1. The van der Waals surface area contributed by atoms with Crippen LogP contribution in [0.5, 0.6) is 0 Å². The van der Waals surface area contributed by atoms with Gasteiger partial charge in [-0.3, -0.25) is 14.3 Å². The SMILES string of the molecule is CC(=O)OCCN(C)c1noc(=O)[nH]1. The molecule has 78 valence electrons. The Morgan fingerprint density at radius 1 is 1.71 bits per heavy atom. The van der Waals surface area contributed by atoms with E-state index in [4.69, 9.17) is 4.74 Å². The maximum absolute atomic E-state index is 10.6. The normalized spacial score (nSPS) is 9.86. The summed E-state index contributed by atoms with van der Waals surface area (Å²) in [6.07, 6.45) is 0. The van der Waals surface area contributed by atoms with Gasteiger partial charge < -0.3 is 9.64 Å². The third-order valence-electron chi connectivity index (χ3n) is 1.52. The van der Waals surface area contributed by atoms with E-state index in [9.17, 15) is 9.59 Å². The van der Waals surface area contributed by atoms with Crippen LogP contribution in [0.4, 0.5) is 5.95 Å². The van der Waals surface area contributed by atoms with Crippen molar-refractivity contribution < 1.29 is 14.1 Å². The number of aromatic amines is 1. The summed E-state index contributed by atoms with van der Waals surface area (Å²) in [5, 5.41) is 3.46. The van der Waals surface area contributed by atoms with E-state index in [1.807, 2.05) is 0 Å². The van der Waals surface area contributed by atoms with Crippen LogP contribution in [0, 0.1) is 0 Å². The lowest BCUT2D eigenvalue weighted by molar-refractivity contribution is -0.140. The third kappa shape index (κ3) is 2.92. The zero-order valence-corrected chi connectivity index (χ0v) is 7.94. The van der Waals surface area contributed by atoms with Crippen molar-refractivity contribution in [1.82, 2.24) is 10.1 Å². The molecule has 0 fully saturated rings. The molecule has 1 aromatic heterocycles. The van der Waals surface area contributed by atoms with Gasteiger partial charge in [0, 0.05) is 14.0 Å². The Bertz CT molecular complexity index is 356. The second-order valence-electron chi connectivity index (χ2n) is 2.68. The highest BCUT2D eigenvalue weighted by Crippen LogP contribution is 1.98. The molecule has 14 heavy (non-hydrogen) atoms. The predicted molar refractivity (Wildman–Crippen MR) is 47.0 cm³/mol. The van der Waals surface area contributed by atoms with Crippen molar-refractivity contribution in [3.8, 4) is 0 Å². The Morgan fingerprint density at radius 3 is 2.93 bits per heavy atom. The third-order valence-corrected chi connectivity index (χ3v) is 1.52. The zero-order chi connectivity index (χ0) is 10.6. The van der Waals surface area contributed by atoms with Gasteiger partial charge in [-0.15, -0.1) is 0 Å². The van der Waals surface area contributed by atoms with Crippen LogP contribution in [-0.4, -0.2) is 36.3 Å². The second kappa shape index (κ2) is 4.45. The molecule has 0 saturated carbocycles. The molecule has 7 nitrogen and oxygen atoms in total. The van der Waals surface area contributed by atoms with Crippen molar-refractivity contribution in [3.05, 3.63) is 10.6 Å². The van der Waals surface area contributed by atoms with Crippen LogP contribution in [0.1, 0.15) is 6.92 Å². The van der Waals surface area contributed by atoms with Crippen LogP contribution >= 0.6 is 0 Å². The molecule has 1 heterocycles. The van der Waals surface area contributed by atoms with Gasteiger partial charge in [-0.2, -0.15) is 0 Å². The molecule has 0 aliphatic carbocycles. The highest BCUT2D eigenvalue weighted by atomic mass is 16.5. The molecule has 1 rings (SSSR count). The minimum absolute atomic E-state index is 0.237. The van der Waals surface area contributed by atoms with E-state index in [1.54, 1.807) is 11.9 Å². The van der Waals surface area contributed by atoms with Crippen LogP contribution in [0.25, 0.3) is 0 Å². The van der Waals surface area contributed by atoms with Crippen molar-refractivity contribution in [2.45, 2.75) is 6.92 Å². The number of esters is 1. The molecular weight excluding hydrogens is 190 g/mol. The Hall–Kier alpha value is -1.79. The highest BCUT2D eigenvalue weighted by molar-refractivity contribution is 5.65. The minimum atomic E-state index is -0.612. The van der Waals surface area contributed by atoms with Gasteiger partial charge in [-0.05, 0) is 5.16 Å². The van der Waals surface area contributed by atoms with Crippen LogP contribution in [0.3, 0.4) is 0 Å². The van der Waals surface area contributed by atoms with Gasteiger partial charge in [0.1, 0.15) is 6.61 Å². The number of likely N-dealkylation sites (N-methyl/N-ethyl adjacent to an activating group) is 1. The molecule has 0 aliphatic heterocycles. The van der Waals surface area contributed by atoms with Gasteiger partial charge in [0.15, 0.2) is 0 Å². The molecule has 0 saturated heterocycles. The molecule has 0 radical (unpaired) electrons. The predicted octanol–water partition coefficient (Wildman–Crippen LogP) is -0.638. The lowest BCUT2D eigenvalue weighted by atomic mass is 10.6. The number of hydrogen-bond donors (Lipinski definition) is 1. The number of hydrogen-bond acceptors (Lipinski definition) is 6. The lowest BCUT2D eigenvalue weighted by Gasteiger charge is -2.13. The van der Waals surface area contributed by atoms with Gasteiger partial charge in [0.2, 0.25) is 5.95 Å². The van der Waals surface area contributed by atoms with Crippen LogP contribution in [0.15, 0.2) is 9.32 Å². The Balaban J connectivity index is 2.39. The van der Waals surface area contributed by atoms with Crippen molar-refractivity contribution in [2.75, 3.05) is 25.1 Å². The quantitative estimate of drug-likeness (QED) is 0.652. The first-order valence-electron chi connectivity index (χ1n) is 4.00. The molecule has 7 heteroatoms. The number of carbonyl (C=O) groups excluding carboxylic acids is 1. The molecule has 0 aliphatic rings. The molecule has 1 N–H and O–H groups in total. The van der Waals surface area contributed by atoms with Gasteiger partial charge in [0.25, 0.3) is 0 Å². The average Bonchev–Trinajstić information content (AvgIpc) is 2.51. The summed E-state index contributed by atoms with van der Waals surface area (Å²) in [4.78, 5) is 25.0. The van der Waals surface area contributed by atoms with Gasteiger partial charge in [-0.1, -0.05) is 0 Å². The lowest BCUT2D eigenvalue weighted by Crippen LogP contribution is -2.24. The summed E-state index contributed by atoms with van der Waals surface area (Å²) in [7, 11) is 1.69. The molecular formula is C7H11N3O4. The summed E-state index contributed by atoms with van der Waals surface area (Å²) >= 11 is 0. The molecule has 1 aromatic rings. The number of ether oxygens (including phenoxy) is 1.